The van der Waals surface area contributed by atoms with Gasteiger partial charge in [-0.05, 0) is 18.6 Å². The molecule has 0 aliphatic heterocycles. The summed E-state index contributed by atoms with van der Waals surface area (Å²) >= 11 is 0. The fourth-order valence-electron chi connectivity index (χ4n) is 1.55. The van der Waals surface area contributed by atoms with Crippen molar-refractivity contribution in [2.24, 2.45) is 5.73 Å². The first-order valence-corrected chi connectivity index (χ1v) is 5.06. The third kappa shape index (κ3) is 2.28. The lowest BCUT2D eigenvalue weighted by Gasteiger charge is -2.08. The van der Waals surface area contributed by atoms with Gasteiger partial charge in [-0.25, -0.2) is 4.79 Å². The average molecular weight is 243 g/mol. The third-order valence-electron chi connectivity index (χ3n) is 2.52. The summed E-state index contributed by atoms with van der Waals surface area (Å²) in [6.07, 6.45) is 0.839. The lowest BCUT2D eigenvalue weighted by molar-refractivity contribution is 0.469. The van der Waals surface area contributed by atoms with Gasteiger partial charge in [0.1, 0.15) is 0 Å². The van der Waals surface area contributed by atoms with E-state index in [1.165, 1.54) is 0 Å². The molecule has 1 heterocycles. The van der Waals surface area contributed by atoms with Crippen molar-refractivity contribution < 1.29 is 4.42 Å². The zero-order valence-electron chi connectivity index (χ0n) is 9.05. The first-order valence-electron chi connectivity index (χ1n) is 5.06. The molecule has 16 heavy (non-hydrogen) atoms. The molecule has 0 saturated heterocycles. The zero-order valence-corrected chi connectivity index (χ0v) is 9.87. The highest BCUT2D eigenvalue weighted by Gasteiger charge is 2.10. The highest BCUT2D eigenvalue weighted by Crippen LogP contribution is 2.11. The van der Waals surface area contributed by atoms with E-state index in [1.807, 2.05) is 25.1 Å². The topological polar surface area (TPSA) is 61.2 Å². The molecule has 0 amide bonds. The summed E-state index contributed by atoms with van der Waals surface area (Å²) in [6.45, 7) is 2.50. The quantitative estimate of drug-likeness (QED) is 0.892. The van der Waals surface area contributed by atoms with Crippen LogP contribution in [-0.2, 0) is 6.54 Å². The van der Waals surface area contributed by atoms with E-state index < -0.39 is 0 Å². The van der Waals surface area contributed by atoms with Crippen LogP contribution in [0.3, 0.4) is 0 Å². The Labute approximate surface area is 99.5 Å². The predicted molar refractivity (Wildman–Crippen MR) is 66.0 cm³/mol. The summed E-state index contributed by atoms with van der Waals surface area (Å²) in [5.41, 5.74) is 7.25. The molecule has 0 fully saturated rings. The van der Waals surface area contributed by atoms with Crippen molar-refractivity contribution in [3.63, 3.8) is 0 Å². The Balaban J connectivity index is 0.00000128. The minimum absolute atomic E-state index is 0. The Bertz CT molecular complexity index is 518. The van der Waals surface area contributed by atoms with Crippen LogP contribution in [0.1, 0.15) is 13.3 Å². The molecular weight excluding hydrogens is 228 g/mol. The molecule has 88 valence electrons. The largest absolute Gasteiger partial charge is 0.420 e. The molecule has 2 rings (SSSR count). The van der Waals surface area contributed by atoms with E-state index >= 15 is 0 Å². The molecular formula is C11H15ClN2O2. The summed E-state index contributed by atoms with van der Waals surface area (Å²) in [7, 11) is 0. The van der Waals surface area contributed by atoms with E-state index in [9.17, 15) is 4.79 Å². The Morgan fingerprint density at radius 3 is 2.81 bits per heavy atom. The normalized spacial score (nSPS) is 12.4. The number of fused-ring (bicyclic) bond motifs is 1. The van der Waals surface area contributed by atoms with Crippen LogP contribution in [0.4, 0.5) is 0 Å². The molecule has 0 radical (unpaired) electrons. The highest BCUT2D eigenvalue weighted by atomic mass is 35.5. The molecule has 1 aromatic heterocycles. The molecule has 1 unspecified atom stereocenters. The fourth-order valence-corrected chi connectivity index (χ4v) is 1.55. The molecule has 1 atom stereocenters. The maximum absolute atomic E-state index is 11.5. The van der Waals surface area contributed by atoms with Crippen molar-refractivity contribution in [1.29, 1.82) is 0 Å². The van der Waals surface area contributed by atoms with Gasteiger partial charge in [0.15, 0.2) is 5.58 Å². The van der Waals surface area contributed by atoms with E-state index in [1.54, 1.807) is 10.6 Å². The third-order valence-corrected chi connectivity index (χ3v) is 2.52. The molecule has 0 saturated carbocycles. The summed E-state index contributed by atoms with van der Waals surface area (Å²) in [4.78, 5) is 11.5. The molecule has 1 aromatic carbocycles. The van der Waals surface area contributed by atoms with Crippen LogP contribution in [0.25, 0.3) is 11.1 Å². The number of nitrogens with two attached hydrogens (primary N) is 1. The first-order chi connectivity index (χ1) is 7.22. The first kappa shape index (κ1) is 12.8. The van der Waals surface area contributed by atoms with E-state index in [4.69, 9.17) is 10.2 Å². The van der Waals surface area contributed by atoms with Crippen molar-refractivity contribution in [3.8, 4) is 0 Å². The number of aromatic nitrogens is 1. The molecule has 2 aromatic rings. The molecule has 4 nitrogen and oxygen atoms in total. The van der Waals surface area contributed by atoms with Crippen LogP contribution >= 0.6 is 12.4 Å². The average Bonchev–Trinajstić information content (AvgIpc) is 2.55. The number of oxazole rings is 1. The van der Waals surface area contributed by atoms with Gasteiger partial charge in [0.25, 0.3) is 0 Å². The number of halogens is 1. The van der Waals surface area contributed by atoms with Crippen molar-refractivity contribution >= 4 is 23.5 Å². The number of rotatable bonds is 3. The van der Waals surface area contributed by atoms with E-state index in [0.717, 1.165) is 11.9 Å². The summed E-state index contributed by atoms with van der Waals surface area (Å²) in [5.74, 6) is -0.333. The number of nitrogens with zero attached hydrogens (tertiary/aromatic N) is 1. The molecule has 0 bridgehead atoms. The van der Waals surface area contributed by atoms with Crippen molar-refractivity contribution in [2.75, 3.05) is 0 Å². The lowest BCUT2D eigenvalue weighted by atomic mass is 10.2. The van der Waals surface area contributed by atoms with Crippen LogP contribution in [0.2, 0.25) is 0 Å². The Morgan fingerprint density at radius 1 is 1.44 bits per heavy atom. The van der Waals surface area contributed by atoms with Gasteiger partial charge in [0.05, 0.1) is 5.52 Å². The van der Waals surface area contributed by atoms with Crippen LogP contribution < -0.4 is 11.5 Å². The zero-order chi connectivity index (χ0) is 10.8. The van der Waals surface area contributed by atoms with E-state index in [0.29, 0.717) is 12.1 Å². The van der Waals surface area contributed by atoms with Gasteiger partial charge in [0, 0.05) is 12.6 Å². The van der Waals surface area contributed by atoms with Gasteiger partial charge in [-0.1, -0.05) is 19.1 Å². The van der Waals surface area contributed by atoms with Gasteiger partial charge in [-0.3, -0.25) is 4.57 Å². The molecule has 0 aliphatic carbocycles. The minimum Gasteiger partial charge on any atom is -0.408 e. The van der Waals surface area contributed by atoms with Gasteiger partial charge in [-0.15, -0.1) is 12.4 Å². The molecule has 5 heteroatoms. The summed E-state index contributed by atoms with van der Waals surface area (Å²) < 4.78 is 6.68. The van der Waals surface area contributed by atoms with Crippen molar-refractivity contribution in [3.05, 3.63) is 34.8 Å². The highest BCUT2D eigenvalue weighted by molar-refractivity contribution is 5.85. The second kappa shape index (κ2) is 5.18. The molecule has 2 N–H and O–H groups in total. The monoisotopic (exact) mass is 242 g/mol. The Morgan fingerprint density at radius 2 is 2.12 bits per heavy atom. The van der Waals surface area contributed by atoms with E-state index in [-0.39, 0.29) is 24.2 Å². The van der Waals surface area contributed by atoms with Crippen LogP contribution in [0.5, 0.6) is 0 Å². The van der Waals surface area contributed by atoms with Crippen LogP contribution in [0.15, 0.2) is 33.5 Å². The second-order valence-corrected chi connectivity index (χ2v) is 3.61. The minimum atomic E-state index is -0.333. The number of hydrogen-bond donors (Lipinski definition) is 1. The smallest absolute Gasteiger partial charge is 0.408 e. The van der Waals surface area contributed by atoms with Crippen LogP contribution in [-0.4, -0.2) is 10.6 Å². The number of para-hydroxylation sites is 2. The number of hydrogen-bond acceptors (Lipinski definition) is 3. The van der Waals surface area contributed by atoms with Gasteiger partial charge in [-0.2, -0.15) is 0 Å². The maximum Gasteiger partial charge on any atom is 0.420 e. The SMILES string of the molecule is CCC(N)Cn1c(=O)oc2ccccc21.Cl. The predicted octanol–water partition coefficient (Wildman–Crippen LogP) is 1.75. The fraction of sp³-hybridized carbons (Fsp3) is 0.364. The summed E-state index contributed by atoms with van der Waals surface area (Å²) in [5, 5.41) is 0. The van der Waals surface area contributed by atoms with Gasteiger partial charge < -0.3 is 10.2 Å². The second-order valence-electron chi connectivity index (χ2n) is 3.61. The van der Waals surface area contributed by atoms with Crippen molar-refractivity contribution in [2.45, 2.75) is 25.9 Å². The molecule has 0 spiro atoms. The van der Waals surface area contributed by atoms with Crippen LogP contribution in [0, 0.1) is 0 Å². The van der Waals surface area contributed by atoms with Gasteiger partial charge >= 0.3 is 5.76 Å². The Hall–Kier alpha value is -1.26. The number of benzene rings is 1. The summed E-state index contributed by atoms with van der Waals surface area (Å²) in [6, 6.07) is 7.36. The van der Waals surface area contributed by atoms with Gasteiger partial charge in [0.2, 0.25) is 0 Å². The maximum atomic E-state index is 11.5. The lowest BCUT2D eigenvalue weighted by Crippen LogP contribution is -2.29. The molecule has 0 aliphatic rings. The van der Waals surface area contributed by atoms with E-state index in [2.05, 4.69) is 0 Å². The van der Waals surface area contributed by atoms with Crippen molar-refractivity contribution in [1.82, 2.24) is 4.57 Å². The standard InChI is InChI=1S/C11H14N2O2.ClH/c1-2-8(12)7-13-9-5-3-4-6-10(9)15-11(13)14;/h3-6,8H,2,7,12H2,1H3;1H. The Kier molecular flexibility index (Phi) is 4.15.